The Morgan fingerprint density at radius 3 is 1.83 bits per heavy atom. The van der Waals surface area contributed by atoms with Gasteiger partial charge in [0.15, 0.2) is 0 Å². The van der Waals surface area contributed by atoms with E-state index in [1.807, 2.05) is 0 Å². The molecule has 0 spiro atoms. The van der Waals surface area contributed by atoms with E-state index in [0.29, 0.717) is 11.5 Å². The lowest BCUT2D eigenvalue weighted by Gasteiger charge is -2.38. The third-order valence-corrected chi connectivity index (χ3v) is 7.02. The van der Waals surface area contributed by atoms with Crippen LogP contribution in [0.15, 0.2) is 24.3 Å². The molecule has 0 bridgehead atoms. The van der Waals surface area contributed by atoms with Crippen molar-refractivity contribution in [1.29, 1.82) is 0 Å². The maximum atomic E-state index is 13.9. The lowest BCUT2D eigenvalue weighted by molar-refractivity contribution is -0.142. The van der Waals surface area contributed by atoms with E-state index in [1.54, 1.807) is 0 Å². The summed E-state index contributed by atoms with van der Waals surface area (Å²) in [6.07, 6.45) is 10.5. The molecule has 0 unspecified atom stereocenters. The minimum absolute atomic E-state index is 0.0481. The maximum Gasteiger partial charge on any atom is 0.422 e. The Morgan fingerprint density at radius 2 is 1.34 bits per heavy atom. The summed E-state index contributed by atoms with van der Waals surface area (Å²) >= 11 is 0. The van der Waals surface area contributed by atoms with Gasteiger partial charge in [0.05, 0.1) is 0 Å². The van der Waals surface area contributed by atoms with Crippen LogP contribution in [0.1, 0.15) is 88.2 Å². The van der Waals surface area contributed by atoms with Gasteiger partial charge in [-0.25, -0.2) is 8.78 Å². The quantitative estimate of drug-likeness (QED) is 0.335. The van der Waals surface area contributed by atoms with Crippen LogP contribution >= 0.6 is 0 Å². The Morgan fingerprint density at radius 1 is 0.828 bits per heavy atom. The number of allylic oxidation sites excluding steroid dienone is 2. The van der Waals surface area contributed by atoms with Gasteiger partial charge in [-0.05, 0) is 106 Å². The SMILES string of the molecule is CC/C=C/CC1CCC(C2CCC(c3cc(F)c(C(F)(F)F)c(F)c3)CC2)CC1. The van der Waals surface area contributed by atoms with Gasteiger partial charge in [0.2, 0.25) is 0 Å². The Kier molecular flexibility index (Phi) is 7.39. The topological polar surface area (TPSA) is 0 Å². The third-order valence-electron chi connectivity index (χ3n) is 7.02. The van der Waals surface area contributed by atoms with Crippen molar-refractivity contribution in [3.63, 3.8) is 0 Å². The first-order valence-electron chi connectivity index (χ1n) is 11.0. The molecule has 1 aromatic carbocycles. The predicted octanol–water partition coefficient (Wildman–Crippen LogP) is 8.42. The van der Waals surface area contributed by atoms with Crippen LogP contribution in [0, 0.1) is 29.4 Å². The standard InChI is InChI=1S/C24H31F5/c1-2-3-4-5-16-6-8-17(9-7-16)18-10-12-19(13-11-18)20-14-21(25)23(22(26)15-20)24(27,28)29/h3-4,14-19H,2,5-13H2,1H3/b4-3+. The molecule has 2 fully saturated rings. The molecule has 0 radical (unpaired) electrons. The second-order valence-electron chi connectivity index (χ2n) is 8.87. The van der Waals surface area contributed by atoms with E-state index in [-0.39, 0.29) is 5.92 Å². The Balaban J connectivity index is 1.53. The summed E-state index contributed by atoms with van der Waals surface area (Å²) in [5.41, 5.74) is -1.40. The van der Waals surface area contributed by atoms with E-state index in [1.165, 1.54) is 32.1 Å². The fourth-order valence-corrected chi connectivity index (χ4v) is 5.37. The normalized spacial score (nSPS) is 28.8. The molecule has 5 heteroatoms. The van der Waals surface area contributed by atoms with E-state index in [0.717, 1.165) is 56.1 Å². The van der Waals surface area contributed by atoms with Crippen LogP contribution in [0.4, 0.5) is 22.0 Å². The van der Waals surface area contributed by atoms with E-state index in [2.05, 4.69) is 19.1 Å². The van der Waals surface area contributed by atoms with Crippen molar-refractivity contribution in [2.45, 2.75) is 83.2 Å². The first-order chi connectivity index (χ1) is 13.8. The molecule has 1 aromatic rings. The van der Waals surface area contributed by atoms with E-state index in [9.17, 15) is 22.0 Å². The smallest absolute Gasteiger partial charge is 0.206 e. The first-order valence-corrected chi connectivity index (χ1v) is 11.0. The molecule has 2 aliphatic rings. The van der Waals surface area contributed by atoms with Gasteiger partial charge in [-0.2, -0.15) is 13.2 Å². The fraction of sp³-hybridized carbons (Fsp3) is 0.667. The summed E-state index contributed by atoms with van der Waals surface area (Å²) in [5.74, 6) is -0.877. The minimum atomic E-state index is -5.00. The van der Waals surface area contributed by atoms with Crippen molar-refractivity contribution >= 4 is 0 Å². The van der Waals surface area contributed by atoms with Crippen LogP contribution in [0.5, 0.6) is 0 Å². The average molecular weight is 415 g/mol. The molecule has 0 nitrogen and oxygen atoms in total. The molecule has 0 heterocycles. The Hall–Kier alpha value is -1.39. The second-order valence-corrected chi connectivity index (χ2v) is 8.87. The minimum Gasteiger partial charge on any atom is -0.206 e. The summed E-state index contributed by atoms with van der Waals surface area (Å²) in [4.78, 5) is 0. The van der Waals surface area contributed by atoms with Crippen molar-refractivity contribution in [1.82, 2.24) is 0 Å². The van der Waals surface area contributed by atoms with Gasteiger partial charge >= 0.3 is 6.18 Å². The average Bonchev–Trinajstić information content (AvgIpc) is 2.67. The molecule has 29 heavy (non-hydrogen) atoms. The zero-order valence-corrected chi connectivity index (χ0v) is 17.1. The van der Waals surface area contributed by atoms with Gasteiger partial charge in [0.25, 0.3) is 0 Å². The molecule has 0 N–H and O–H groups in total. The number of rotatable bonds is 5. The second kappa shape index (κ2) is 9.61. The molecule has 0 saturated heterocycles. The zero-order chi connectivity index (χ0) is 21.0. The Bertz CT molecular complexity index is 667. The number of halogens is 5. The van der Waals surface area contributed by atoms with Gasteiger partial charge in [-0.3, -0.25) is 0 Å². The number of benzene rings is 1. The molecule has 3 rings (SSSR count). The maximum absolute atomic E-state index is 13.9. The van der Waals surface area contributed by atoms with E-state index >= 15 is 0 Å². The van der Waals surface area contributed by atoms with Crippen molar-refractivity contribution in [3.8, 4) is 0 Å². The highest BCUT2D eigenvalue weighted by Gasteiger charge is 2.39. The molecule has 2 aliphatic carbocycles. The van der Waals surface area contributed by atoms with E-state index < -0.39 is 23.4 Å². The predicted molar refractivity (Wildman–Crippen MR) is 106 cm³/mol. The van der Waals surface area contributed by atoms with E-state index in [4.69, 9.17) is 0 Å². The van der Waals surface area contributed by atoms with Gasteiger partial charge in [-0.1, -0.05) is 19.1 Å². The fourth-order valence-electron chi connectivity index (χ4n) is 5.37. The first kappa shape index (κ1) is 22.3. The molecular formula is C24H31F5. The van der Waals surface area contributed by atoms with Crippen molar-refractivity contribution < 1.29 is 22.0 Å². The van der Waals surface area contributed by atoms with Crippen molar-refractivity contribution in [3.05, 3.63) is 47.0 Å². The molecule has 2 saturated carbocycles. The zero-order valence-electron chi connectivity index (χ0n) is 17.1. The molecule has 0 amide bonds. The summed E-state index contributed by atoms with van der Waals surface area (Å²) in [7, 11) is 0. The summed E-state index contributed by atoms with van der Waals surface area (Å²) in [6, 6.07) is 1.79. The highest BCUT2D eigenvalue weighted by molar-refractivity contribution is 5.30. The van der Waals surface area contributed by atoms with Gasteiger partial charge in [-0.15, -0.1) is 0 Å². The Labute approximate surface area is 170 Å². The van der Waals surface area contributed by atoms with Gasteiger partial charge in [0, 0.05) is 0 Å². The van der Waals surface area contributed by atoms with Gasteiger partial charge < -0.3 is 0 Å². The van der Waals surface area contributed by atoms with Crippen LogP contribution in [-0.4, -0.2) is 0 Å². The summed E-state index contributed by atoms with van der Waals surface area (Å²) < 4.78 is 66.1. The number of hydrogen-bond donors (Lipinski definition) is 0. The lowest BCUT2D eigenvalue weighted by Crippen LogP contribution is -2.25. The van der Waals surface area contributed by atoms with Crippen LogP contribution in [0.3, 0.4) is 0 Å². The molecular weight excluding hydrogens is 383 g/mol. The number of alkyl halides is 3. The van der Waals surface area contributed by atoms with Crippen LogP contribution in [0.25, 0.3) is 0 Å². The van der Waals surface area contributed by atoms with Crippen LogP contribution < -0.4 is 0 Å². The molecule has 0 atom stereocenters. The lowest BCUT2D eigenvalue weighted by atomic mass is 9.68. The van der Waals surface area contributed by atoms with Crippen LogP contribution in [0.2, 0.25) is 0 Å². The van der Waals surface area contributed by atoms with Gasteiger partial charge in [0.1, 0.15) is 17.2 Å². The molecule has 0 aromatic heterocycles. The highest BCUT2D eigenvalue weighted by atomic mass is 19.4. The summed E-state index contributed by atoms with van der Waals surface area (Å²) in [5, 5.41) is 0. The molecule has 0 aliphatic heterocycles. The van der Waals surface area contributed by atoms with Crippen molar-refractivity contribution in [2.75, 3.05) is 0 Å². The third kappa shape index (κ3) is 5.61. The summed E-state index contributed by atoms with van der Waals surface area (Å²) in [6.45, 7) is 2.15. The number of hydrogen-bond acceptors (Lipinski definition) is 0. The molecule has 162 valence electrons. The van der Waals surface area contributed by atoms with Crippen LogP contribution in [-0.2, 0) is 6.18 Å². The highest BCUT2D eigenvalue weighted by Crippen LogP contribution is 2.45. The largest absolute Gasteiger partial charge is 0.422 e. The monoisotopic (exact) mass is 414 g/mol. The van der Waals surface area contributed by atoms with Crippen molar-refractivity contribution in [2.24, 2.45) is 17.8 Å².